The average Bonchev–Trinajstić information content (AvgIpc) is 2.97. The fraction of sp³-hybridized carbons (Fsp3) is 0.357. The van der Waals surface area contributed by atoms with Crippen molar-refractivity contribution in [3.8, 4) is 0 Å². The van der Waals surface area contributed by atoms with Gasteiger partial charge >= 0.3 is 5.97 Å². The molecule has 24 heavy (non-hydrogen) atoms. The van der Waals surface area contributed by atoms with Crippen LogP contribution in [0.2, 0.25) is 0 Å². The van der Waals surface area contributed by atoms with Gasteiger partial charge in [-0.25, -0.2) is 26.7 Å². The van der Waals surface area contributed by atoms with Gasteiger partial charge in [-0.1, -0.05) is 0 Å². The Morgan fingerprint density at radius 1 is 1.38 bits per heavy atom. The number of alkyl halides is 2. The molecule has 0 saturated carbocycles. The van der Waals surface area contributed by atoms with Gasteiger partial charge in [0.2, 0.25) is 10.0 Å². The second kappa shape index (κ2) is 7.09. The number of carbonyl (C=O) groups is 1. The van der Waals surface area contributed by atoms with Crippen LogP contribution in [0.4, 0.5) is 8.78 Å². The number of carbonyl (C=O) groups excluding carboxylic acids is 1. The molecule has 0 unspecified atom stereocenters. The number of nitrogens with two attached hydrogens (primary N) is 1. The molecule has 0 amide bonds. The smallest absolute Gasteiger partial charge is 0.348 e. The van der Waals surface area contributed by atoms with Gasteiger partial charge in [-0.15, -0.1) is 11.3 Å². The number of sulfonamides is 1. The van der Waals surface area contributed by atoms with Crippen LogP contribution in [0, 0.1) is 0 Å². The Balaban J connectivity index is 2.28. The van der Waals surface area contributed by atoms with Crippen molar-refractivity contribution in [3.05, 3.63) is 29.1 Å². The first-order chi connectivity index (χ1) is 11.2. The lowest BCUT2D eigenvalue weighted by atomic mass is 10.2. The highest BCUT2D eigenvalue weighted by Gasteiger charge is 2.29. The Bertz CT molecular complexity index is 850. The number of esters is 1. The highest BCUT2D eigenvalue weighted by atomic mass is 32.2. The van der Waals surface area contributed by atoms with Gasteiger partial charge in [-0.2, -0.15) is 0 Å². The van der Waals surface area contributed by atoms with E-state index in [4.69, 9.17) is 10.5 Å². The van der Waals surface area contributed by atoms with Crippen molar-refractivity contribution in [2.45, 2.75) is 17.7 Å². The van der Waals surface area contributed by atoms with E-state index in [9.17, 15) is 22.0 Å². The number of thiophene rings is 1. The Hall–Kier alpha value is -1.62. The van der Waals surface area contributed by atoms with Crippen molar-refractivity contribution < 1.29 is 26.7 Å². The zero-order chi connectivity index (χ0) is 18.0. The average molecular weight is 378 g/mol. The molecule has 3 N–H and O–H groups in total. The lowest BCUT2D eigenvalue weighted by molar-refractivity contribution is 0.0170. The molecule has 0 aliphatic rings. The fourth-order valence-electron chi connectivity index (χ4n) is 1.85. The number of hydrogen-bond acceptors (Lipinski definition) is 6. The third-order valence-corrected chi connectivity index (χ3v) is 5.59. The first-order valence-electron chi connectivity index (χ1n) is 6.97. The third kappa shape index (κ3) is 4.26. The number of nitrogens with one attached hydrogen (secondary N) is 1. The summed E-state index contributed by atoms with van der Waals surface area (Å²) < 4.78 is 57.9. The molecule has 1 aromatic heterocycles. The lowest BCUT2D eigenvalue weighted by Crippen LogP contribution is -2.41. The van der Waals surface area contributed by atoms with Crippen LogP contribution in [0.3, 0.4) is 0 Å². The molecule has 10 heteroatoms. The molecule has 0 spiro atoms. The van der Waals surface area contributed by atoms with Gasteiger partial charge < -0.3 is 10.5 Å². The van der Waals surface area contributed by atoms with Gasteiger partial charge in [-0.05, 0) is 36.6 Å². The Morgan fingerprint density at radius 3 is 2.71 bits per heavy atom. The van der Waals surface area contributed by atoms with E-state index in [1.165, 1.54) is 24.3 Å². The van der Waals surface area contributed by atoms with E-state index >= 15 is 0 Å². The summed E-state index contributed by atoms with van der Waals surface area (Å²) in [7, 11) is -4.11. The second-order valence-corrected chi connectivity index (χ2v) is 7.77. The van der Waals surface area contributed by atoms with E-state index in [0.717, 1.165) is 11.3 Å². The summed E-state index contributed by atoms with van der Waals surface area (Å²) in [6.45, 7) is -0.131. The molecular weight excluding hydrogens is 362 g/mol. The number of hydrogen-bond donors (Lipinski definition) is 2. The van der Waals surface area contributed by atoms with E-state index in [1.54, 1.807) is 6.92 Å². The summed E-state index contributed by atoms with van der Waals surface area (Å²) in [6, 6.07) is 5.62. The SMILES string of the molecule is CCOC(=O)c1cc2cc(S(=O)(=O)NCC(F)(F)CN)ccc2s1. The summed E-state index contributed by atoms with van der Waals surface area (Å²) in [5, 5.41) is 0.511. The molecule has 132 valence electrons. The summed E-state index contributed by atoms with van der Waals surface area (Å²) in [5.41, 5.74) is 4.88. The van der Waals surface area contributed by atoms with Crippen LogP contribution in [-0.2, 0) is 14.8 Å². The zero-order valence-corrected chi connectivity index (χ0v) is 14.3. The zero-order valence-electron chi connectivity index (χ0n) is 12.7. The van der Waals surface area contributed by atoms with Gasteiger partial charge in [0.25, 0.3) is 5.92 Å². The van der Waals surface area contributed by atoms with Crippen molar-refractivity contribution >= 4 is 37.4 Å². The van der Waals surface area contributed by atoms with Crippen LogP contribution >= 0.6 is 11.3 Å². The first kappa shape index (κ1) is 18.7. The first-order valence-corrected chi connectivity index (χ1v) is 9.27. The maximum absolute atomic E-state index is 13.1. The van der Waals surface area contributed by atoms with Crippen molar-refractivity contribution in [2.24, 2.45) is 5.73 Å². The largest absolute Gasteiger partial charge is 0.462 e. The third-order valence-electron chi connectivity index (χ3n) is 3.09. The monoisotopic (exact) mass is 378 g/mol. The lowest BCUT2D eigenvalue weighted by Gasteiger charge is -2.14. The predicted molar refractivity (Wildman–Crippen MR) is 87.0 cm³/mol. The van der Waals surface area contributed by atoms with E-state index in [-0.39, 0.29) is 11.5 Å². The Kier molecular flexibility index (Phi) is 5.53. The molecule has 0 fully saturated rings. The number of rotatable bonds is 7. The minimum Gasteiger partial charge on any atom is -0.462 e. The Labute approximate surface area is 141 Å². The van der Waals surface area contributed by atoms with Crippen molar-refractivity contribution in [1.29, 1.82) is 0 Å². The molecule has 2 aromatic rings. The van der Waals surface area contributed by atoms with Gasteiger partial charge in [-0.3, -0.25) is 0 Å². The van der Waals surface area contributed by atoms with Crippen molar-refractivity contribution in [2.75, 3.05) is 19.7 Å². The highest BCUT2D eigenvalue weighted by Crippen LogP contribution is 2.28. The standard InChI is InChI=1S/C14H16F2N2O4S2/c1-2-22-13(19)12-6-9-5-10(3-4-11(9)23-12)24(20,21)18-8-14(15,16)7-17/h3-6,18H,2,7-8,17H2,1H3. The normalized spacial score (nSPS) is 12.5. The molecule has 0 aliphatic carbocycles. The molecule has 0 radical (unpaired) electrons. The summed E-state index contributed by atoms with van der Waals surface area (Å²) >= 11 is 1.16. The Morgan fingerprint density at radius 2 is 2.08 bits per heavy atom. The molecule has 1 aromatic carbocycles. The number of fused-ring (bicyclic) bond motifs is 1. The van der Waals surface area contributed by atoms with E-state index in [0.29, 0.717) is 15.0 Å². The van der Waals surface area contributed by atoms with Gasteiger partial charge in [0.05, 0.1) is 24.6 Å². The topological polar surface area (TPSA) is 98.5 Å². The molecule has 2 rings (SSSR count). The fourth-order valence-corrected chi connectivity index (χ4v) is 3.88. The minimum absolute atomic E-state index is 0.170. The maximum atomic E-state index is 13.1. The highest BCUT2D eigenvalue weighted by molar-refractivity contribution is 7.89. The van der Waals surface area contributed by atoms with Crippen LogP contribution in [0.15, 0.2) is 29.2 Å². The second-order valence-electron chi connectivity index (χ2n) is 4.92. The van der Waals surface area contributed by atoms with Gasteiger partial charge in [0.1, 0.15) is 4.88 Å². The van der Waals surface area contributed by atoms with Crippen LogP contribution in [-0.4, -0.2) is 40.0 Å². The minimum atomic E-state index is -4.11. The van der Waals surface area contributed by atoms with E-state index in [2.05, 4.69) is 0 Å². The molecule has 6 nitrogen and oxygen atoms in total. The summed E-state index contributed by atoms with van der Waals surface area (Å²) in [4.78, 5) is 11.9. The number of ether oxygens (including phenoxy) is 1. The summed E-state index contributed by atoms with van der Waals surface area (Å²) in [6.07, 6.45) is 0. The van der Waals surface area contributed by atoms with Crippen LogP contribution in [0.1, 0.15) is 16.6 Å². The van der Waals surface area contributed by atoms with Crippen LogP contribution in [0.5, 0.6) is 0 Å². The molecule has 0 bridgehead atoms. The predicted octanol–water partition coefficient (Wildman–Crippen LogP) is 1.95. The molecule has 0 atom stereocenters. The molecule has 0 saturated heterocycles. The number of benzene rings is 1. The molecule has 0 aliphatic heterocycles. The summed E-state index contributed by atoms with van der Waals surface area (Å²) in [5.74, 6) is -3.82. The molecule has 1 heterocycles. The van der Waals surface area contributed by atoms with Crippen molar-refractivity contribution in [1.82, 2.24) is 4.72 Å². The van der Waals surface area contributed by atoms with Gasteiger partial charge in [0.15, 0.2) is 0 Å². The van der Waals surface area contributed by atoms with Crippen molar-refractivity contribution in [3.63, 3.8) is 0 Å². The maximum Gasteiger partial charge on any atom is 0.348 e. The quantitative estimate of drug-likeness (QED) is 0.718. The number of halogens is 2. The van der Waals surface area contributed by atoms with Crippen LogP contribution in [0.25, 0.3) is 10.1 Å². The van der Waals surface area contributed by atoms with Gasteiger partial charge in [0, 0.05) is 4.70 Å². The van der Waals surface area contributed by atoms with Crippen LogP contribution < -0.4 is 10.5 Å². The molecular formula is C14H16F2N2O4S2. The van der Waals surface area contributed by atoms with E-state index < -0.39 is 35.0 Å². The van der Waals surface area contributed by atoms with E-state index in [1.807, 2.05) is 4.72 Å².